The Kier molecular flexibility index (Phi) is 20.3. The molecular formula is C32H56O2. The van der Waals surface area contributed by atoms with Gasteiger partial charge in [0.1, 0.15) is 0 Å². The van der Waals surface area contributed by atoms with Gasteiger partial charge in [-0.1, -0.05) is 128 Å². The summed E-state index contributed by atoms with van der Waals surface area (Å²) in [6.45, 7) is 11.4. The molecule has 2 nitrogen and oxygen atoms in total. The Bertz CT molecular complexity index is 566. The van der Waals surface area contributed by atoms with Crippen molar-refractivity contribution in [2.75, 3.05) is 13.2 Å². The molecule has 0 aliphatic carbocycles. The monoisotopic (exact) mass is 472 g/mol. The summed E-state index contributed by atoms with van der Waals surface area (Å²) in [6, 6.07) is 10.4. The Morgan fingerprint density at radius 2 is 1.47 bits per heavy atom. The van der Waals surface area contributed by atoms with Crippen LogP contribution in [0.25, 0.3) is 0 Å². The third kappa shape index (κ3) is 19.2. The van der Waals surface area contributed by atoms with Gasteiger partial charge in [0, 0.05) is 6.61 Å². The molecule has 0 aromatic heterocycles. The second-order valence-corrected chi connectivity index (χ2v) is 10.6. The van der Waals surface area contributed by atoms with Crippen LogP contribution in [0.2, 0.25) is 0 Å². The molecule has 2 unspecified atom stereocenters. The quantitative estimate of drug-likeness (QED) is 0.116. The van der Waals surface area contributed by atoms with Crippen LogP contribution in [-0.2, 0) is 16.1 Å². The van der Waals surface area contributed by atoms with E-state index in [-0.39, 0.29) is 6.10 Å². The van der Waals surface area contributed by atoms with E-state index in [1.165, 1.54) is 82.6 Å². The molecule has 0 bridgehead atoms. The first kappa shape index (κ1) is 30.9. The largest absolute Gasteiger partial charge is 0.379 e. The molecule has 0 amide bonds. The summed E-state index contributed by atoms with van der Waals surface area (Å²) in [5.41, 5.74) is 1.23. The Morgan fingerprint density at radius 1 is 0.794 bits per heavy atom. The SMILES string of the molecule is CCCCCCCCC/C=C/C(C)CCCCCCOCC(CC(C)C)OCc1ccccc1. The fourth-order valence-electron chi connectivity index (χ4n) is 4.38. The predicted molar refractivity (Wildman–Crippen MR) is 149 cm³/mol. The second kappa shape index (κ2) is 22.4. The van der Waals surface area contributed by atoms with Gasteiger partial charge in [-0.2, -0.15) is 0 Å². The minimum Gasteiger partial charge on any atom is -0.379 e. The number of rotatable bonds is 23. The van der Waals surface area contributed by atoms with Gasteiger partial charge in [0.05, 0.1) is 19.3 Å². The Hall–Kier alpha value is -1.12. The molecule has 0 heterocycles. The first-order valence-corrected chi connectivity index (χ1v) is 14.5. The average Bonchev–Trinajstić information content (AvgIpc) is 2.83. The first-order valence-electron chi connectivity index (χ1n) is 14.5. The van der Waals surface area contributed by atoms with Crippen LogP contribution in [0, 0.1) is 11.8 Å². The second-order valence-electron chi connectivity index (χ2n) is 10.6. The molecule has 1 rings (SSSR count). The molecule has 34 heavy (non-hydrogen) atoms. The van der Waals surface area contributed by atoms with Crippen molar-refractivity contribution in [1.29, 1.82) is 0 Å². The molecule has 1 aromatic carbocycles. The van der Waals surface area contributed by atoms with Crippen molar-refractivity contribution in [3.05, 3.63) is 48.0 Å². The number of allylic oxidation sites excluding steroid dienone is 2. The summed E-state index contributed by atoms with van der Waals surface area (Å²) in [7, 11) is 0. The van der Waals surface area contributed by atoms with E-state index in [9.17, 15) is 0 Å². The van der Waals surface area contributed by atoms with Gasteiger partial charge in [-0.25, -0.2) is 0 Å². The lowest BCUT2D eigenvalue weighted by Gasteiger charge is -2.20. The minimum absolute atomic E-state index is 0.189. The maximum atomic E-state index is 6.15. The summed E-state index contributed by atoms with van der Waals surface area (Å²) in [5.74, 6) is 1.34. The van der Waals surface area contributed by atoms with Crippen molar-refractivity contribution >= 4 is 0 Å². The maximum absolute atomic E-state index is 6.15. The van der Waals surface area contributed by atoms with Gasteiger partial charge in [0.15, 0.2) is 0 Å². The molecule has 0 saturated heterocycles. The van der Waals surface area contributed by atoms with E-state index in [0.29, 0.717) is 19.1 Å². The van der Waals surface area contributed by atoms with Crippen molar-refractivity contribution in [2.24, 2.45) is 11.8 Å². The van der Waals surface area contributed by atoms with Crippen molar-refractivity contribution in [2.45, 2.75) is 130 Å². The normalized spacial score (nSPS) is 13.7. The molecule has 2 heteroatoms. The third-order valence-electron chi connectivity index (χ3n) is 6.50. The van der Waals surface area contributed by atoms with Crippen LogP contribution in [0.5, 0.6) is 0 Å². The topological polar surface area (TPSA) is 18.5 Å². The first-order chi connectivity index (χ1) is 16.6. The van der Waals surface area contributed by atoms with Gasteiger partial charge in [-0.05, 0) is 49.5 Å². The van der Waals surface area contributed by atoms with Crippen LogP contribution in [-0.4, -0.2) is 19.3 Å². The van der Waals surface area contributed by atoms with Gasteiger partial charge in [-0.15, -0.1) is 0 Å². The highest BCUT2D eigenvalue weighted by molar-refractivity contribution is 5.13. The van der Waals surface area contributed by atoms with Gasteiger partial charge >= 0.3 is 0 Å². The van der Waals surface area contributed by atoms with Crippen LogP contribution in [0.3, 0.4) is 0 Å². The summed E-state index contributed by atoms with van der Waals surface area (Å²) in [5, 5.41) is 0. The van der Waals surface area contributed by atoms with E-state index in [1.807, 2.05) is 6.07 Å². The number of hydrogen-bond donors (Lipinski definition) is 0. The highest BCUT2D eigenvalue weighted by Gasteiger charge is 2.12. The molecule has 2 atom stereocenters. The molecule has 196 valence electrons. The van der Waals surface area contributed by atoms with E-state index < -0.39 is 0 Å². The maximum Gasteiger partial charge on any atom is 0.0815 e. The fraction of sp³-hybridized carbons (Fsp3) is 0.750. The highest BCUT2D eigenvalue weighted by Crippen LogP contribution is 2.15. The lowest BCUT2D eigenvalue weighted by Crippen LogP contribution is -2.22. The zero-order chi connectivity index (χ0) is 24.7. The summed E-state index contributed by atoms with van der Waals surface area (Å²) in [6.07, 6.45) is 23.6. The highest BCUT2D eigenvalue weighted by atomic mass is 16.5. The summed E-state index contributed by atoms with van der Waals surface area (Å²) >= 11 is 0. The number of ether oxygens (including phenoxy) is 2. The molecular weight excluding hydrogens is 416 g/mol. The van der Waals surface area contributed by atoms with Gasteiger partial charge < -0.3 is 9.47 Å². The van der Waals surface area contributed by atoms with Crippen LogP contribution >= 0.6 is 0 Å². The van der Waals surface area contributed by atoms with Crippen molar-refractivity contribution < 1.29 is 9.47 Å². The average molecular weight is 473 g/mol. The minimum atomic E-state index is 0.189. The fourth-order valence-corrected chi connectivity index (χ4v) is 4.38. The number of unbranched alkanes of at least 4 members (excludes halogenated alkanes) is 10. The lowest BCUT2D eigenvalue weighted by molar-refractivity contribution is -0.0346. The Labute approximate surface area is 212 Å². The van der Waals surface area contributed by atoms with Gasteiger partial charge in [-0.3, -0.25) is 0 Å². The van der Waals surface area contributed by atoms with Crippen molar-refractivity contribution in [3.63, 3.8) is 0 Å². The van der Waals surface area contributed by atoms with Crippen LogP contribution in [0.15, 0.2) is 42.5 Å². The number of benzene rings is 1. The van der Waals surface area contributed by atoms with E-state index in [0.717, 1.165) is 25.4 Å². The van der Waals surface area contributed by atoms with E-state index in [2.05, 4.69) is 64.1 Å². The smallest absolute Gasteiger partial charge is 0.0815 e. The zero-order valence-corrected chi connectivity index (χ0v) is 23.1. The molecule has 0 fully saturated rings. The van der Waals surface area contributed by atoms with E-state index in [4.69, 9.17) is 9.47 Å². The Morgan fingerprint density at radius 3 is 2.21 bits per heavy atom. The Balaban J connectivity index is 1.98. The molecule has 0 aliphatic rings. The van der Waals surface area contributed by atoms with Gasteiger partial charge in [0.2, 0.25) is 0 Å². The zero-order valence-electron chi connectivity index (χ0n) is 23.1. The molecule has 1 aromatic rings. The van der Waals surface area contributed by atoms with Crippen LogP contribution in [0.1, 0.15) is 123 Å². The molecule has 0 spiro atoms. The van der Waals surface area contributed by atoms with Crippen molar-refractivity contribution in [1.82, 2.24) is 0 Å². The lowest BCUT2D eigenvalue weighted by atomic mass is 10.0. The van der Waals surface area contributed by atoms with E-state index >= 15 is 0 Å². The molecule has 0 radical (unpaired) electrons. The summed E-state index contributed by atoms with van der Waals surface area (Å²) < 4.78 is 12.1. The van der Waals surface area contributed by atoms with Crippen LogP contribution < -0.4 is 0 Å². The third-order valence-corrected chi connectivity index (χ3v) is 6.50. The standard InChI is InChI=1S/C32H56O2/c1-5-6-7-8-9-10-11-12-16-21-30(4)22-17-13-14-20-25-33-28-32(26-29(2)3)34-27-31-23-18-15-19-24-31/h15-16,18-19,21,23-24,29-30,32H,5-14,17,20,22,25-28H2,1-4H3/b21-16+. The van der Waals surface area contributed by atoms with Gasteiger partial charge in [0.25, 0.3) is 0 Å². The predicted octanol–water partition coefficient (Wildman–Crippen LogP) is 9.92. The summed E-state index contributed by atoms with van der Waals surface area (Å²) in [4.78, 5) is 0. The molecule has 0 aliphatic heterocycles. The van der Waals surface area contributed by atoms with Crippen LogP contribution in [0.4, 0.5) is 0 Å². The molecule has 0 N–H and O–H groups in total. The molecule has 0 saturated carbocycles. The van der Waals surface area contributed by atoms with E-state index in [1.54, 1.807) is 0 Å². The number of hydrogen-bond acceptors (Lipinski definition) is 2. The van der Waals surface area contributed by atoms with Crippen molar-refractivity contribution in [3.8, 4) is 0 Å².